The number of aromatic nitrogens is 3. The van der Waals surface area contributed by atoms with Crippen LogP contribution in [0, 0.1) is 5.92 Å². The number of aromatic amines is 1. The second-order valence-corrected chi connectivity index (χ2v) is 9.45. The fraction of sp³-hybridized carbons (Fsp3) is 0.423. The van der Waals surface area contributed by atoms with E-state index in [1.54, 1.807) is 0 Å². The van der Waals surface area contributed by atoms with Gasteiger partial charge in [0.15, 0.2) is 5.69 Å². The van der Waals surface area contributed by atoms with Gasteiger partial charge in [-0.3, -0.25) is 24.0 Å². The van der Waals surface area contributed by atoms with Gasteiger partial charge in [0.05, 0.1) is 19.2 Å². The van der Waals surface area contributed by atoms with E-state index in [0.29, 0.717) is 13.1 Å². The van der Waals surface area contributed by atoms with Gasteiger partial charge in [-0.25, -0.2) is 4.79 Å². The Morgan fingerprint density at radius 2 is 1.92 bits per heavy atom. The number of amides is 1. The van der Waals surface area contributed by atoms with Gasteiger partial charge in [-0.1, -0.05) is 44.2 Å². The lowest BCUT2D eigenvalue weighted by Gasteiger charge is -2.38. The van der Waals surface area contributed by atoms with Crippen LogP contribution < -0.4 is 21.9 Å². The Hall–Kier alpha value is -3.63. The van der Waals surface area contributed by atoms with Crippen LogP contribution >= 0.6 is 0 Å². The van der Waals surface area contributed by atoms with Crippen LogP contribution in [0.3, 0.4) is 0 Å². The molecule has 1 aromatic carbocycles. The van der Waals surface area contributed by atoms with E-state index in [1.807, 2.05) is 44.3 Å². The van der Waals surface area contributed by atoms with Crippen molar-refractivity contribution in [3.8, 4) is 0 Å². The van der Waals surface area contributed by atoms with Crippen LogP contribution in [-0.4, -0.2) is 58.3 Å². The summed E-state index contributed by atoms with van der Waals surface area (Å²) in [7, 11) is 1.53. The van der Waals surface area contributed by atoms with Crippen molar-refractivity contribution in [2.24, 2.45) is 5.92 Å². The van der Waals surface area contributed by atoms with E-state index in [-0.39, 0.29) is 49.1 Å². The molecule has 1 aliphatic rings. The third kappa shape index (κ3) is 5.14. The first-order valence-electron chi connectivity index (χ1n) is 12.2. The van der Waals surface area contributed by atoms with E-state index in [1.165, 1.54) is 16.6 Å². The molecule has 3 aromatic rings. The quantitative estimate of drug-likeness (QED) is 0.467. The highest BCUT2D eigenvalue weighted by molar-refractivity contribution is 5.97. The number of ether oxygens (including phenoxy) is 1. The van der Waals surface area contributed by atoms with Crippen molar-refractivity contribution < 1.29 is 9.53 Å². The average molecular weight is 495 g/mol. The number of anilines is 2. The molecule has 10 heteroatoms. The minimum absolute atomic E-state index is 0.0194. The first-order valence-corrected chi connectivity index (χ1v) is 12.2. The SMILES string of the molecule is COCCN(C(=O)CN1CCn2cccc2C1c1ccccc1)c1c(N)n(CC(C)C)c(=O)[nH]c1=O. The number of methoxy groups -OCH3 is 1. The Kier molecular flexibility index (Phi) is 7.76. The van der Waals surface area contributed by atoms with Crippen molar-refractivity contribution >= 4 is 17.4 Å². The number of hydrogen-bond acceptors (Lipinski definition) is 6. The monoisotopic (exact) mass is 494 g/mol. The molecule has 0 saturated carbocycles. The molecule has 0 fully saturated rings. The summed E-state index contributed by atoms with van der Waals surface area (Å²) in [6.45, 7) is 6.02. The molecule has 2 aromatic heterocycles. The van der Waals surface area contributed by atoms with Gasteiger partial charge in [-0.15, -0.1) is 0 Å². The molecule has 192 valence electrons. The topological polar surface area (TPSA) is 119 Å². The smallest absolute Gasteiger partial charge is 0.330 e. The van der Waals surface area contributed by atoms with Crippen molar-refractivity contribution in [3.05, 3.63) is 80.8 Å². The molecule has 1 atom stereocenters. The summed E-state index contributed by atoms with van der Waals surface area (Å²) < 4.78 is 8.74. The highest BCUT2D eigenvalue weighted by atomic mass is 16.5. The molecule has 4 rings (SSSR count). The van der Waals surface area contributed by atoms with E-state index in [9.17, 15) is 14.4 Å². The van der Waals surface area contributed by atoms with Crippen LogP contribution in [0.5, 0.6) is 0 Å². The number of benzene rings is 1. The Bertz CT molecular complexity index is 1310. The Morgan fingerprint density at radius 3 is 2.61 bits per heavy atom. The fourth-order valence-electron chi connectivity index (χ4n) is 4.81. The number of nitrogens with two attached hydrogens (primary N) is 1. The minimum Gasteiger partial charge on any atom is -0.383 e. The number of hydrogen-bond donors (Lipinski definition) is 2. The summed E-state index contributed by atoms with van der Waals surface area (Å²) in [6, 6.07) is 14.0. The third-order valence-electron chi connectivity index (χ3n) is 6.44. The summed E-state index contributed by atoms with van der Waals surface area (Å²) in [5.41, 5.74) is 7.23. The fourth-order valence-corrected chi connectivity index (χ4v) is 4.81. The predicted molar refractivity (Wildman–Crippen MR) is 139 cm³/mol. The summed E-state index contributed by atoms with van der Waals surface area (Å²) >= 11 is 0. The van der Waals surface area contributed by atoms with Crippen LogP contribution in [0.2, 0.25) is 0 Å². The van der Waals surface area contributed by atoms with Crippen LogP contribution in [0.25, 0.3) is 0 Å². The van der Waals surface area contributed by atoms with Crippen molar-refractivity contribution in [2.45, 2.75) is 33.0 Å². The zero-order valence-corrected chi connectivity index (χ0v) is 21.0. The molecule has 0 spiro atoms. The number of H-pyrrole nitrogens is 1. The van der Waals surface area contributed by atoms with E-state index >= 15 is 0 Å². The van der Waals surface area contributed by atoms with Gasteiger partial charge in [-0.05, 0) is 23.6 Å². The van der Waals surface area contributed by atoms with E-state index in [4.69, 9.17) is 10.5 Å². The van der Waals surface area contributed by atoms with Gasteiger partial charge in [0, 0.05) is 45.2 Å². The lowest BCUT2D eigenvalue weighted by molar-refractivity contribution is -0.120. The van der Waals surface area contributed by atoms with Crippen LogP contribution in [-0.2, 0) is 22.6 Å². The van der Waals surface area contributed by atoms with E-state index in [2.05, 4.69) is 32.7 Å². The van der Waals surface area contributed by atoms with Gasteiger partial charge in [0.1, 0.15) is 5.82 Å². The number of carbonyl (C=O) groups is 1. The molecule has 0 aliphatic carbocycles. The number of fused-ring (bicyclic) bond motifs is 1. The molecule has 1 amide bonds. The van der Waals surface area contributed by atoms with Gasteiger partial charge >= 0.3 is 5.69 Å². The summed E-state index contributed by atoms with van der Waals surface area (Å²) in [5, 5.41) is 0. The van der Waals surface area contributed by atoms with E-state index in [0.717, 1.165) is 17.8 Å². The summed E-state index contributed by atoms with van der Waals surface area (Å²) in [6.07, 6.45) is 2.05. The minimum atomic E-state index is -0.686. The maximum Gasteiger partial charge on any atom is 0.330 e. The van der Waals surface area contributed by atoms with Crippen LogP contribution in [0.15, 0.2) is 58.3 Å². The van der Waals surface area contributed by atoms with Gasteiger partial charge in [-0.2, -0.15) is 0 Å². The molecular weight excluding hydrogens is 460 g/mol. The molecule has 0 saturated heterocycles. The van der Waals surface area contributed by atoms with Crippen molar-refractivity contribution in [1.29, 1.82) is 0 Å². The van der Waals surface area contributed by atoms with Crippen LogP contribution in [0.4, 0.5) is 11.5 Å². The first-order chi connectivity index (χ1) is 17.3. The highest BCUT2D eigenvalue weighted by Crippen LogP contribution is 2.32. The van der Waals surface area contributed by atoms with Crippen molar-refractivity contribution in [1.82, 2.24) is 19.0 Å². The maximum absolute atomic E-state index is 13.8. The summed E-state index contributed by atoms with van der Waals surface area (Å²) in [5.74, 6) is -0.197. The zero-order valence-electron chi connectivity index (χ0n) is 21.0. The van der Waals surface area contributed by atoms with Gasteiger partial charge in [0.2, 0.25) is 5.91 Å². The lowest BCUT2D eigenvalue weighted by atomic mass is 10.00. The number of nitrogens with zero attached hydrogens (tertiary/aromatic N) is 4. The van der Waals surface area contributed by atoms with Gasteiger partial charge < -0.3 is 19.9 Å². The standard InChI is InChI=1S/C26H34N6O4/c1-18(2)16-32-24(27)23(25(34)28-26(32)35)31(14-15-36-3)21(33)17-30-13-12-29-11-7-10-20(29)22(30)19-8-5-4-6-9-19/h4-11,18,22H,12-17,27H2,1-3H3,(H,28,34,35). The Labute approximate surface area is 209 Å². The molecule has 10 nitrogen and oxygen atoms in total. The molecule has 3 heterocycles. The second-order valence-electron chi connectivity index (χ2n) is 9.45. The molecule has 3 N–H and O–H groups in total. The Balaban J connectivity index is 1.70. The zero-order chi connectivity index (χ0) is 25.8. The average Bonchev–Trinajstić information content (AvgIpc) is 3.32. The molecular formula is C26H34N6O4. The molecule has 1 aliphatic heterocycles. The number of rotatable bonds is 9. The first kappa shape index (κ1) is 25.5. The third-order valence-corrected chi connectivity index (χ3v) is 6.44. The molecule has 0 radical (unpaired) electrons. The van der Waals surface area contributed by atoms with Crippen molar-refractivity contribution in [2.75, 3.05) is 44.0 Å². The molecule has 36 heavy (non-hydrogen) atoms. The number of nitrogens with one attached hydrogen (secondary N) is 1. The van der Waals surface area contributed by atoms with Gasteiger partial charge in [0.25, 0.3) is 5.56 Å². The Morgan fingerprint density at radius 1 is 1.17 bits per heavy atom. The molecule has 0 bridgehead atoms. The lowest BCUT2D eigenvalue weighted by Crippen LogP contribution is -2.49. The second kappa shape index (κ2) is 11.0. The number of carbonyl (C=O) groups excluding carboxylic acids is 1. The normalized spacial score (nSPS) is 15.7. The summed E-state index contributed by atoms with van der Waals surface area (Å²) in [4.78, 5) is 45.0. The van der Waals surface area contributed by atoms with Crippen molar-refractivity contribution in [3.63, 3.8) is 0 Å². The number of nitrogen functional groups attached to an aromatic ring is 1. The predicted octanol–water partition coefficient (Wildman–Crippen LogP) is 1.66. The van der Waals surface area contributed by atoms with E-state index < -0.39 is 11.2 Å². The largest absolute Gasteiger partial charge is 0.383 e. The van der Waals surface area contributed by atoms with Crippen LogP contribution in [0.1, 0.15) is 31.1 Å². The maximum atomic E-state index is 13.8. The highest BCUT2D eigenvalue weighted by Gasteiger charge is 2.32. The molecule has 1 unspecified atom stereocenters.